The average Bonchev–Trinajstić information content (AvgIpc) is 2.79. The van der Waals surface area contributed by atoms with Crippen LogP contribution in [0.2, 0.25) is 0 Å². The van der Waals surface area contributed by atoms with E-state index < -0.39 is 10.0 Å². The lowest BCUT2D eigenvalue weighted by molar-refractivity contribution is 0.434. The summed E-state index contributed by atoms with van der Waals surface area (Å²) in [5, 5.41) is 3.31. The number of thiophene rings is 1. The molecule has 0 aromatic carbocycles. The Balaban J connectivity index is 2.83. The van der Waals surface area contributed by atoms with E-state index in [9.17, 15) is 8.42 Å². The van der Waals surface area contributed by atoms with E-state index in [0.717, 1.165) is 35.7 Å². The Hall–Kier alpha value is -0.430. The summed E-state index contributed by atoms with van der Waals surface area (Å²) in [5.74, 6) is 0.324. The highest BCUT2D eigenvalue weighted by Gasteiger charge is 2.23. The minimum absolute atomic E-state index is 0.0547. The van der Waals surface area contributed by atoms with Gasteiger partial charge in [0, 0.05) is 22.3 Å². The summed E-state index contributed by atoms with van der Waals surface area (Å²) in [7, 11) is -3.42. The monoisotopic (exact) mass is 332 g/mol. The average molecular weight is 333 g/mol. The Bertz CT molecular complexity index is 538. The minimum atomic E-state index is -3.42. The van der Waals surface area contributed by atoms with Gasteiger partial charge in [0.25, 0.3) is 0 Å². The molecule has 2 unspecified atom stereocenters. The predicted molar refractivity (Wildman–Crippen MR) is 90.3 cm³/mol. The summed E-state index contributed by atoms with van der Waals surface area (Å²) < 4.78 is 27.8. The van der Waals surface area contributed by atoms with Crippen molar-refractivity contribution in [3.8, 4) is 0 Å². The van der Waals surface area contributed by atoms with Crippen LogP contribution in [0.5, 0.6) is 0 Å². The molecule has 0 aliphatic rings. The molecule has 4 nitrogen and oxygen atoms in total. The third kappa shape index (κ3) is 5.36. The molecule has 1 aromatic rings. The van der Waals surface area contributed by atoms with Crippen molar-refractivity contribution in [2.75, 3.05) is 6.54 Å². The van der Waals surface area contributed by atoms with Crippen LogP contribution in [0.25, 0.3) is 0 Å². The highest BCUT2D eigenvalue weighted by Crippen LogP contribution is 2.26. The first-order valence-electron chi connectivity index (χ1n) is 7.64. The van der Waals surface area contributed by atoms with Crippen molar-refractivity contribution in [2.24, 2.45) is 5.92 Å². The number of hydrogen-bond acceptors (Lipinski definition) is 4. The van der Waals surface area contributed by atoms with Gasteiger partial charge < -0.3 is 5.32 Å². The third-order valence-corrected chi connectivity index (χ3v) is 6.64. The molecule has 0 saturated heterocycles. The van der Waals surface area contributed by atoms with Crippen LogP contribution in [0, 0.1) is 12.8 Å². The van der Waals surface area contributed by atoms with Gasteiger partial charge in [-0.05, 0) is 38.8 Å². The van der Waals surface area contributed by atoms with Gasteiger partial charge >= 0.3 is 0 Å². The number of aryl methyl sites for hydroxylation is 1. The molecular formula is C15H28N2O2S2. The van der Waals surface area contributed by atoms with Crippen molar-refractivity contribution in [1.82, 2.24) is 10.0 Å². The quantitative estimate of drug-likeness (QED) is 0.682. The molecule has 21 heavy (non-hydrogen) atoms. The second-order valence-electron chi connectivity index (χ2n) is 5.61. The smallest absolute Gasteiger partial charge is 0.241 e. The molecule has 122 valence electrons. The Morgan fingerprint density at radius 1 is 1.29 bits per heavy atom. The lowest BCUT2D eigenvalue weighted by Gasteiger charge is -2.19. The Labute approximate surface area is 133 Å². The van der Waals surface area contributed by atoms with E-state index in [2.05, 4.69) is 30.8 Å². The summed E-state index contributed by atoms with van der Waals surface area (Å²) in [6.45, 7) is 11.7. The molecule has 2 atom stereocenters. The molecular weight excluding hydrogens is 304 g/mol. The van der Waals surface area contributed by atoms with E-state index in [0.29, 0.717) is 10.8 Å². The van der Waals surface area contributed by atoms with Crippen LogP contribution in [0.4, 0.5) is 0 Å². The lowest BCUT2D eigenvalue weighted by atomic mass is 10.0. The zero-order valence-electron chi connectivity index (χ0n) is 13.7. The van der Waals surface area contributed by atoms with Crippen LogP contribution in [0.15, 0.2) is 11.0 Å². The first-order chi connectivity index (χ1) is 9.81. The highest BCUT2D eigenvalue weighted by atomic mass is 32.2. The van der Waals surface area contributed by atoms with Crippen LogP contribution >= 0.6 is 11.3 Å². The molecule has 2 N–H and O–H groups in total. The normalized spacial score (nSPS) is 15.1. The predicted octanol–water partition coefficient (Wildman–Crippen LogP) is 3.27. The maximum atomic E-state index is 12.5. The maximum absolute atomic E-state index is 12.5. The van der Waals surface area contributed by atoms with Gasteiger partial charge in [-0.1, -0.05) is 27.2 Å². The number of nitrogens with one attached hydrogen (secondary N) is 2. The minimum Gasteiger partial charge on any atom is -0.312 e. The van der Waals surface area contributed by atoms with E-state index in [4.69, 9.17) is 0 Å². The van der Waals surface area contributed by atoms with Gasteiger partial charge in [-0.15, -0.1) is 11.3 Å². The maximum Gasteiger partial charge on any atom is 0.241 e. The highest BCUT2D eigenvalue weighted by molar-refractivity contribution is 7.89. The largest absolute Gasteiger partial charge is 0.312 e. The summed E-state index contributed by atoms with van der Waals surface area (Å²) in [4.78, 5) is 2.35. The second-order valence-corrected chi connectivity index (χ2v) is 8.63. The van der Waals surface area contributed by atoms with Crippen molar-refractivity contribution < 1.29 is 8.42 Å². The number of sulfonamides is 1. The van der Waals surface area contributed by atoms with Crippen LogP contribution in [-0.4, -0.2) is 21.0 Å². The fourth-order valence-corrected chi connectivity index (χ4v) is 5.00. The van der Waals surface area contributed by atoms with Gasteiger partial charge in [-0.2, -0.15) is 0 Å². The molecule has 0 saturated carbocycles. The van der Waals surface area contributed by atoms with E-state index in [1.165, 1.54) is 0 Å². The van der Waals surface area contributed by atoms with Gasteiger partial charge in [-0.25, -0.2) is 13.1 Å². The van der Waals surface area contributed by atoms with E-state index in [1.807, 2.05) is 13.8 Å². The van der Waals surface area contributed by atoms with E-state index >= 15 is 0 Å². The lowest BCUT2D eigenvalue weighted by Crippen LogP contribution is -2.36. The van der Waals surface area contributed by atoms with Crippen molar-refractivity contribution >= 4 is 21.4 Å². The standard InChI is InChI=1S/C15H28N2O2S2/c1-6-8-16-10-14-9-15(13(5)20-14)21(18,19)17-12(4)11(3)7-2/h9,11-12,16-17H,6-8,10H2,1-5H3. The molecule has 0 spiro atoms. The Morgan fingerprint density at radius 2 is 1.95 bits per heavy atom. The fourth-order valence-electron chi connectivity index (χ4n) is 2.04. The molecule has 6 heteroatoms. The topological polar surface area (TPSA) is 58.2 Å². The van der Waals surface area contributed by atoms with Crippen LogP contribution in [0.1, 0.15) is 50.3 Å². The van der Waals surface area contributed by atoms with Crippen molar-refractivity contribution in [3.05, 3.63) is 15.8 Å². The zero-order valence-corrected chi connectivity index (χ0v) is 15.3. The van der Waals surface area contributed by atoms with Gasteiger partial charge in [0.1, 0.15) is 0 Å². The van der Waals surface area contributed by atoms with Gasteiger partial charge in [0.2, 0.25) is 10.0 Å². The van der Waals surface area contributed by atoms with Crippen LogP contribution < -0.4 is 10.0 Å². The molecule has 0 radical (unpaired) electrons. The fraction of sp³-hybridized carbons (Fsp3) is 0.733. The zero-order chi connectivity index (χ0) is 16.0. The van der Waals surface area contributed by atoms with Crippen LogP contribution in [0.3, 0.4) is 0 Å². The van der Waals surface area contributed by atoms with Gasteiger partial charge in [0.05, 0.1) is 4.90 Å². The molecule has 0 bridgehead atoms. The Kier molecular flexibility index (Phi) is 7.33. The van der Waals surface area contributed by atoms with Crippen LogP contribution in [-0.2, 0) is 16.6 Å². The first kappa shape index (κ1) is 18.6. The second kappa shape index (κ2) is 8.27. The number of hydrogen-bond donors (Lipinski definition) is 2. The summed E-state index contributed by atoms with van der Waals surface area (Å²) in [6.07, 6.45) is 2.03. The van der Waals surface area contributed by atoms with Gasteiger partial charge in [0.15, 0.2) is 0 Å². The molecule has 0 fully saturated rings. The Morgan fingerprint density at radius 3 is 2.52 bits per heavy atom. The molecule has 0 aliphatic carbocycles. The molecule has 0 aliphatic heterocycles. The van der Waals surface area contributed by atoms with E-state index in [1.54, 1.807) is 17.4 Å². The molecule has 0 amide bonds. The molecule has 1 rings (SSSR count). The van der Waals surface area contributed by atoms with E-state index in [-0.39, 0.29) is 6.04 Å². The third-order valence-electron chi connectivity index (χ3n) is 3.78. The van der Waals surface area contributed by atoms with Crippen molar-refractivity contribution in [2.45, 2.75) is 64.9 Å². The summed E-state index contributed by atoms with van der Waals surface area (Å²) in [5.41, 5.74) is 0. The van der Waals surface area contributed by atoms with Crippen molar-refractivity contribution in [1.29, 1.82) is 0 Å². The van der Waals surface area contributed by atoms with Crippen molar-refractivity contribution in [3.63, 3.8) is 0 Å². The summed E-state index contributed by atoms with van der Waals surface area (Å²) in [6, 6.07) is 1.75. The molecule has 1 heterocycles. The first-order valence-corrected chi connectivity index (χ1v) is 9.94. The summed E-state index contributed by atoms with van der Waals surface area (Å²) >= 11 is 1.55. The number of rotatable bonds is 9. The van der Waals surface area contributed by atoms with Gasteiger partial charge in [-0.3, -0.25) is 0 Å². The molecule has 1 aromatic heterocycles. The SMILES string of the molecule is CCCNCc1cc(S(=O)(=O)NC(C)C(C)CC)c(C)s1.